The molecule has 4 heteroatoms. The molecule has 0 radical (unpaired) electrons. The van der Waals surface area contributed by atoms with Gasteiger partial charge in [-0.05, 0) is 6.42 Å². The van der Waals surface area contributed by atoms with Crippen LogP contribution in [0.1, 0.15) is 20.3 Å². The minimum atomic E-state index is -0.145. The number of carbonyl (C=O) groups is 1. The number of hydrogen-bond acceptors (Lipinski definition) is 3. The highest BCUT2D eigenvalue weighted by Crippen LogP contribution is 2.01. The first-order valence-electron chi connectivity index (χ1n) is 3.59. The van der Waals surface area contributed by atoms with Crippen molar-refractivity contribution in [2.24, 2.45) is 11.7 Å². The van der Waals surface area contributed by atoms with Crippen LogP contribution in [-0.2, 0) is 9.53 Å². The second kappa shape index (κ2) is 7.82. The van der Waals surface area contributed by atoms with E-state index in [1.807, 2.05) is 13.8 Å². The first-order chi connectivity index (χ1) is 4.72. The predicted molar refractivity (Wildman–Crippen MR) is 46.7 cm³/mol. The Kier molecular flexibility index (Phi) is 9.47. The highest BCUT2D eigenvalue weighted by Gasteiger charge is 2.10. The second-order valence-electron chi connectivity index (χ2n) is 2.27. The van der Waals surface area contributed by atoms with Crippen LogP contribution in [0, 0.1) is 5.92 Å². The molecule has 0 saturated heterocycles. The molecule has 0 bridgehead atoms. The molecule has 0 aromatic rings. The Hall–Kier alpha value is -0.280. The van der Waals surface area contributed by atoms with E-state index in [1.165, 1.54) is 0 Å². The van der Waals surface area contributed by atoms with Gasteiger partial charge in [0.2, 0.25) is 0 Å². The maximum Gasteiger partial charge on any atom is 0.308 e. The van der Waals surface area contributed by atoms with E-state index in [0.29, 0.717) is 13.2 Å². The van der Waals surface area contributed by atoms with Gasteiger partial charge in [-0.25, -0.2) is 0 Å². The van der Waals surface area contributed by atoms with E-state index >= 15 is 0 Å². The lowest BCUT2D eigenvalue weighted by Crippen LogP contribution is -2.18. The average molecular weight is 182 g/mol. The van der Waals surface area contributed by atoms with E-state index < -0.39 is 0 Å². The van der Waals surface area contributed by atoms with Crippen LogP contribution in [0.4, 0.5) is 0 Å². The lowest BCUT2D eigenvalue weighted by molar-refractivity contribution is -0.147. The molecule has 0 amide bonds. The molecule has 0 aromatic heterocycles. The van der Waals surface area contributed by atoms with Gasteiger partial charge < -0.3 is 10.5 Å². The fourth-order valence-corrected chi connectivity index (χ4v) is 0.468. The van der Waals surface area contributed by atoms with Crippen molar-refractivity contribution >= 4 is 18.4 Å². The molecule has 0 aromatic carbocycles. The fraction of sp³-hybridized carbons (Fsp3) is 0.857. The smallest absolute Gasteiger partial charge is 0.308 e. The van der Waals surface area contributed by atoms with Crippen LogP contribution >= 0.6 is 12.4 Å². The van der Waals surface area contributed by atoms with Crippen LogP contribution in [0.2, 0.25) is 0 Å². The number of halogens is 1. The minimum Gasteiger partial charge on any atom is -0.464 e. The molecular formula is C7H16ClNO2. The van der Waals surface area contributed by atoms with Gasteiger partial charge >= 0.3 is 5.97 Å². The van der Waals surface area contributed by atoms with Crippen LogP contribution in [0.5, 0.6) is 0 Å². The Morgan fingerprint density at radius 2 is 2.18 bits per heavy atom. The highest BCUT2D eigenvalue weighted by molar-refractivity contribution is 5.85. The zero-order chi connectivity index (χ0) is 7.98. The minimum absolute atomic E-state index is 0. The molecule has 0 spiro atoms. The number of esters is 1. The lowest BCUT2D eigenvalue weighted by Gasteiger charge is -2.06. The topological polar surface area (TPSA) is 52.3 Å². The van der Waals surface area contributed by atoms with Crippen molar-refractivity contribution in [3.8, 4) is 0 Å². The number of nitrogens with two attached hydrogens (primary N) is 1. The molecule has 11 heavy (non-hydrogen) atoms. The van der Waals surface area contributed by atoms with Gasteiger partial charge in [-0.15, -0.1) is 12.4 Å². The number of ether oxygens (including phenoxy) is 1. The van der Waals surface area contributed by atoms with Gasteiger partial charge in [0.25, 0.3) is 0 Å². The molecule has 0 aliphatic rings. The van der Waals surface area contributed by atoms with Crippen LogP contribution < -0.4 is 5.73 Å². The molecule has 0 heterocycles. The van der Waals surface area contributed by atoms with Gasteiger partial charge in [0.1, 0.15) is 6.61 Å². The monoisotopic (exact) mass is 181 g/mol. The molecule has 1 unspecified atom stereocenters. The first-order valence-corrected chi connectivity index (χ1v) is 3.59. The normalized spacial score (nSPS) is 11.5. The summed E-state index contributed by atoms with van der Waals surface area (Å²) in [4.78, 5) is 10.9. The Labute approximate surface area is 73.7 Å². The molecule has 0 saturated carbocycles. The summed E-state index contributed by atoms with van der Waals surface area (Å²) in [5.74, 6) is -0.139. The fourth-order valence-electron chi connectivity index (χ4n) is 0.468. The summed E-state index contributed by atoms with van der Waals surface area (Å²) in [6.07, 6.45) is 0.823. The summed E-state index contributed by atoms with van der Waals surface area (Å²) in [7, 11) is 0. The van der Waals surface area contributed by atoms with E-state index in [9.17, 15) is 4.79 Å². The molecule has 0 aliphatic carbocycles. The van der Waals surface area contributed by atoms with Gasteiger partial charge in [-0.1, -0.05) is 13.8 Å². The third-order valence-electron chi connectivity index (χ3n) is 1.38. The van der Waals surface area contributed by atoms with E-state index in [0.717, 1.165) is 6.42 Å². The van der Waals surface area contributed by atoms with Crippen molar-refractivity contribution in [3.05, 3.63) is 0 Å². The summed E-state index contributed by atoms with van der Waals surface area (Å²) >= 11 is 0. The van der Waals surface area contributed by atoms with Crippen LogP contribution in [-0.4, -0.2) is 19.1 Å². The first kappa shape index (κ1) is 13.3. The quantitative estimate of drug-likeness (QED) is 0.658. The molecular weight excluding hydrogens is 166 g/mol. The second-order valence-corrected chi connectivity index (χ2v) is 2.27. The van der Waals surface area contributed by atoms with Gasteiger partial charge in [0.15, 0.2) is 0 Å². The van der Waals surface area contributed by atoms with Gasteiger partial charge in [-0.3, -0.25) is 4.79 Å². The zero-order valence-corrected chi connectivity index (χ0v) is 7.82. The van der Waals surface area contributed by atoms with Gasteiger partial charge in [0, 0.05) is 6.54 Å². The summed E-state index contributed by atoms with van der Waals surface area (Å²) in [6, 6.07) is 0. The van der Waals surface area contributed by atoms with Crippen molar-refractivity contribution in [3.63, 3.8) is 0 Å². The lowest BCUT2D eigenvalue weighted by atomic mass is 10.1. The summed E-state index contributed by atoms with van der Waals surface area (Å²) in [5, 5.41) is 0. The van der Waals surface area contributed by atoms with Gasteiger partial charge in [0.05, 0.1) is 5.92 Å². The zero-order valence-electron chi connectivity index (χ0n) is 7.00. The van der Waals surface area contributed by atoms with Crippen LogP contribution in [0.25, 0.3) is 0 Å². The Balaban J connectivity index is 0. The largest absolute Gasteiger partial charge is 0.464 e. The molecule has 0 rings (SSSR count). The molecule has 2 N–H and O–H groups in total. The Morgan fingerprint density at radius 1 is 1.64 bits per heavy atom. The van der Waals surface area contributed by atoms with E-state index in [-0.39, 0.29) is 24.3 Å². The molecule has 1 atom stereocenters. The van der Waals surface area contributed by atoms with E-state index in [4.69, 9.17) is 10.5 Å². The molecule has 68 valence electrons. The summed E-state index contributed by atoms with van der Waals surface area (Å²) < 4.78 is 4.78. The van der Waals surface area contributed by atoms with Crippen LogP contribution in [0.3, 0.4) is 0 Å². The molecule has 0 aliphatic heterocycles. The van der Waals surface area contributed by atoms with Crippen LogP contribution in [0.15, 0.2) is 0 Å². The third kappa shape index (κ3) is 6.13. The number of rotatable bonds is 4. The number of hydrogen-bond donors (Lipinski definition) is 1. The SMILES string of the molecule is CCC(C)C(=O)OCCN.Cl. The number of carbonyl (C=O) groups excluding carboxylic acids is 1. The average Bonchev–Trinajstić information content (AvgIpc) is 1.98. The van der Waals surface area contributed by atoms with Crippen molar-refractivity contribution < 1.29 is 9.53 Å². The highest BCUT2D eigenvalue weighted by atomic mass is 35.5. The van der Waals surface area contributed by atoms with E-state index in [1.54, 1.807) is 0 Å². The van der Waals surface area contributed by atoms with E-state index in [2.05, 4.69) is 0 Å². The van der Waals surface area contributed by atoms with Crippen molar-refractivity contribution in [1.29, 1.82) is 0 Å². The Morgan fingerprint density at radius 3 is 2.55 bits per heavy atom. The van der Waals surface area contributed by atoms with Crippen molar-refractivity contribution in [1.82, 2.24) is 0 Å². The summed E-state index contributed by atoms with van der Waals surface area (Å²) in [5.41, 5.74) is 5.14. The molecule has 0 fully saturated rings. The third-order valence-corrected chi connectivity index (χ3v) is 1.38. The maximum atomic E-state index is 10.9. The van der Waals surface area contributed by atoms with Gasteiger partial charge in [-0.2, -0.15) is 0 Å². The standard InChI is InChI=1S/C7H15NO2.ClH/c1-3-6(2)7(9)10-5-4-8;/h6H,3-5,8H2,1-2H3;1H. The van der Waals surface area contributed by atoms with Crippen molar-refractivity contribution in [2.75, 3.05) is 13.2 Å². The summed E-state index contributed by atoms with van der Waals surface area (Å²) in [6.45, 7) is 4.54. The molecule has 3 nitrogen and oxygen atoms in total. The maximum absolute atomic E-state index is 10.9. The Bertz CT molecular complexity index is 109. The van der Waals surface area contributed by atoms with Crippen molar-refractivity contribution in [2.45, 2.75) is 20.3 Å². The predicted octanol–water partition coefficient (Wildman–Crippen LogP) is 0.956.